The average molecular weight is 265 g/mol. The van der Waals surface area contributed by atoms with Crippen LogP contribution in [0, 0.1) is 20.2 Å². The molecule has 0 aliphatic heterocycles. The maximum atomic E-state index is 10.7. The minimum Gasteiger partial charge on any atom is -0.264 e. The van der Waals surface area contributed by atoms with Crippen LogP contribution in [0.4, 0.5) is 5.69 Å². The summed E-state index contributed by atoms with van der Waals surface area (Å²) in [6.45, 7) is 1.24. The van der Waals surface area contributed by atoms with Crippen LogP contribution in [0.5, 0.6) is 0 Å². The van der Waals surface area contributed by atoms with Crippen LogP contribution in [0.15, 0.2) is 12.1 Å². The van der Waals surface area contributed by atoms with Gasteiger partial charge < -0.3 is 0 Å². The number of nitro benzene ring substituents is 1. The third-order valence-corrected chi connectivity index (χ3v) is 2.75. The van der Waals surface area contributed by atoms with Gasteiger partial charge in [0.05, 0.1) is 15.0 Å². The van der Waals surface area contributed by atoms with Crippen molar-refractivity contribution in [3.63, 3.8) is 0 Å². The Labute approximate surface area is 100 Å². The smallest absolute Gasteiger partial charge is 0.264 e. The third-order valence-electron chi connectivity index (χ3n) is 2.03. The molecule has 0 aliphatic carbocycles. The van der Waals surface area contributed by atoms with Crippen LogP contribution in [0.25, 0.3) is 0 Å². The summed E-state index contributed by atoms with van der Waals surface area (Å²) >= 11 is 11.3. The average Bonchev–Trinajstić information content (AvgIpc) is 2.19. The van der Waals surface area contributed by atoms with Gasteiger partial charge in [-0.05, 0) is 6.07 Å². The predicted octanol–water partition coefficient (Wildman–Crippen LogP) is 3.24. The molecular formula is C8H6Cl2N2O4. The van der Waals surface area contributed by atoms with Gasteiger partial charge in [0.1, 0.15) is 5.56 Å². The van der Waals surface area contributed by atoms with Crippen molar-refractivity contribution in [3.05, 3.63) is 48.0 Å². The highest BCUT2D eigenvalue weighted by Gasteiger charge is 2.27. The molecule has 0 aliphatic rings. The maximum Gasteiger partial charge on any atom is 0.281 e. The second-order valence-electron chi connectivity index (χ2n) is 3.04. The normalized spacial score (nSPS) is 12.2. The summed E-state index contributed by atoms with van der Waals surface area (Å²) in [7, 11) is 0. The second-order valence-corrected chi connectivity index (χ2v) is 3.86. The van der Waals surface area contributed by atoms with Crippen molar-refractivity contribution in [1.29, 1.82) is 0 Å². The molecule has 1 aromatic carbocycles. The molecule has 0 N–H and O–H groups in total. The summed E-state index contributed by atoms with van der Waals surface area (Å²) in [5.74, 6) is 0. The molecule has 1 rings (SSSR count). The van der Waals surface area contributed by atoms with Gasteiger partial charge in [0.15, 0.2) is 0 Å². The molecule has 0 amide bonds. The predicted molar refractivity (Wildman–Crippen MR) is 58.5 cm³/mol. The van der Waals surface area contributed by atoms with E-state index in [1.54, 1.807) is 0 Å². The minimum atomic E-state index is -1.21. The maximum absolute atomic E-state index is 10.7. The summed E-state index contributed by atoms with van der Waals surface area (Å²) in [5, 5.41) is 21.3. The number of hydrogen-bond acceptors (Lipinski definition) is 4. The van der Waals surface area contributed by atoms with Crippen LogP contribution < -0.4 is 0 Å². The van der Waals surface area contributed by atoms with Gasteiger partial charge in [-0.1, -0.05) is 23.2 Å². The molecule has 0 aromatic heterocycles. The zero-order valence-electron chi connectivity index (χ0n) is 8.02. The molecule has 0 saturated carbocycles. The molecule has 0 radical (unpaired) electrons. The Hall–Kier alpha value is -1.40. The first-order valence-corrected chi connectivity index (χ1v) is 4.87. The quantitative estimate of drug-likeness (QED) is 0.620. The summed E-state index contributed by atoms with van der Waals surface area (Å²) in [6, 6.07) is 0.949. The lowest BCUT2D eigenvalue weighted by Gasteiger charge is -2.06. The SMILES string of the molecule is CC(c1cc(Cl)c(Cl)cc1[N+](=O)[O-])[N+](=O)[O-]. The lowest BCUT2D eigenvalue weighted by Crippen LogP contribution is -2.08. The molecule has 0 fully saturated rings. The van der Waals surface area contributed by atoms with Gasteiger partial charge in [-0.2, -0.15) is 0 Å². The number of rotatable bonds is 3. The van der Waals surface area contributed by atoms with Gasteiger partial charge in [0.25, 0.3) is 5.69 Å². The second kappa shape index (κ2) is 4.63. The number of benzene rings is 1. The van der Waals surface area contributed by atoms with Gasteiger partial charge in [-0.25, -0.2) is 0 Å². The summed E-state index contributed by atoms with van der Waals surface area (Å²) in [6.07, 6.45) is 0. The molecule has 0 saturated heterocycles. The Morgan fingerprint density at radius 1 is 1.19 bits per heavy atom. The molecule has 16 heavy (non-hydrogen) atoms. The van der Waals surface area contributed by atoms with Crippen LogP contribution in [0.2, 0.25) is 10.0 Å². The van der Waals surface area contributed by atoms with E-state index in [9.17, 15) is 20.2 Å². The minimum absolute atomic E-state index is 0.00679. The monoisotopic (exact) mass is 264 g/mol. The molecule has 1 unspecified atom stereocenters. The van der Waals surface area contributed by atoms with E-state index in [4.69, 9.17) is 23.2 Å². The molecule has 0 bridgehead atoms. The van der Waals surface area contributed by atoms with Crippen molar-refractivity contribution in [2.24, 2.45) is 0 Å². The van der Waals surface area contributed by atoms with E-state index in [0.717, 1.165) is 12.1 Å². The molecule has 8 heteroatoms. The van der Waals surface area contributed by atoms with Gasteiger partial charge in [0.2, 0.25) is 6.04 Å². The molecule has 1 aromatic rings. The van der Waals surface area contributed by atoms with Gasteiger partial charge in [0, 0.05) is 17.9 Å². The van der Waals surface area contributed by atoms with Crippen LogP contribution >= 0.6 is 23.2 Å². The van der Waals surface area contributed by atoms with Crippen molar-refractivity contribution < 1.29 is 9.85 Å². The molecule has 86 valence electrons. The summed E-state index contributed by atoms with van der Waals surface area (Å²) in [4.78, 5) is 19.9. The van der Waals surface area contributed by atoms with E-state index in [0.29, 0.717) is 0 Å². The van der Waals surface area contributed by atoms with Crippen LogP contribution in [-0.2, 0) is 0 Å². The number of nitro groups is 2. The first kappa shape index (κ1) is 12.7. The Morgan fingerprint density at radius 2 is 1.69 bits per heavy atom. The standard InChI is InChI=1S/C8H6Cl2N2O4/c1-4(11(13)14)5-2-6(9)7(10)3-8(5)12(15)16/h2-4H,1H3. The third kappa shape index (κ3) is 2.40. The molecule has 0 spiro atoms. The van der Waals surface area contributed by atoms with Crippen molar-refractivity contribution in [2.75, 3.05) is 0 Å². The fraction of sp³-hybridized carbons (Fsp3) is 0.250. The number of nitrogens with zero attached hydrogens (tertiary/aromatic N) is 2. The zero-order chi connectivity index (χ0) is 12.5. The number of halogens is 2. The fourth-order valence-electron chi connectivity index (χ4n) is 1.16. The molecule has 0 heterocycles. The first-order valence-electron chi connectivity index (χ1n) is 4.11. The Bertz CT molecular complexity index is 464. The highest BCUT2D eigenvalue weighted by atomic mass is 35.5. The van der Waals surface area contributed by atoms with Crippen LogP contribution in [0.3, 0.4) is 0 Å². The number of hydrogen-bond donors (Lipinski definition) is 0. The molecular weight excluding hydrogens is 259 g/mol. The summed E-state index contributed by atoms with van der Waals surface area (Å²) in [5.41, 5.74) is -0.469. The van der Waals surface area contributed by atoms with Crippen molar-refractivity contribution in [3.8, 4) is 0 Å². The largest absolute Gasteiger partial charge is 0.281 e. The lowest BCUT2D eigenvalue weighted by atomic mass is 10.1. The fourth-order valence-corrected chi connectivity index (χ4v) is 1.49. The Balaban J connectivity index is 3.41. The highest BCUT2D eigenvalue weighted by molar-refractivity contribution is 6.42. The topological polar surface area (TPSA) is 86.3 Å². The first-order chi connectivity index (χ1) is 7.34. The van der Waals surface area contributed by atoms with E-state index in [1.807, 2.05) is 0 Å². The van der Waals surface area contributed by atoms with E-state index >= 15 is 0 Å². The van der Waals surface area contributed by atoms with Crippen molar-refractivity contribution in [2.45, 2.75) is 13.0 Å². The van der Waals surface area contributed by atoms with Crippen molar-refractivity contribution in [1.82, 2.24) is 0 Å². The van der Waals surface area contributed by atoms with Crippen molar-refractivity contribution >= 4 is 28.9 Å². The molecule has 1 atom stereocenters. The van der Waals surface area contributed by atoms with E-state index in [1.165, 1.54) is 6.92 Å². The highest BCUT2D eigenvalue weighted by Crippen LogP contribution is 2.34. The van der Waals surface area contributed by atoms with E-state index in [-0.39, 0.29) is 15.6 Å². The zero-order valence-corrected chi connectivity index (χ0v) is 9.53. The molecule has 6 nitrogen and oxygen atoms in total. The van der Waals surface area contributed by atoms with Crippen LogP contribution in [0.1, 0.15) is 18.5 Å². The van der Waals surface area contributed by atoms with E-state index in [2.05, 4.69) is 0 Å². The van der Waals surface area contributed by atoms with E-state index < -0.39 is 21.6 Å². The summed E-state index contributed by atoms with van der Waals surface area (Å²) < 4.78 is 0. The Kier molecular flexibility index (Phi) is 3.66. The van der Waals surface area contributed by atoms with Gasteiger partial charge in [-0.15, -0.1) is 0 Å². The lowest BCUT2D eigenvalue weighted by molar-refractivity contribution is -0.525. The van der Waals surface area contributed by atoms with Gasteiger partial charge >= 0.3 is 0 Å². The van der Waals surface area contributed by atoms with Crippen LogP contribution in [-0.4, -0.2) is 9.85 Å². The Morgan fingerprint density at radius 3 is 2.12 bits per heavy atom. The van der Waals surface area contributed by atoms with Gasteiger partial charge in [-0.3, -0.25) is 20.2 Å².